The smallest absolute Gasteiger partial charge is 0.136 e. The van der Waals surface area contributed by atoms with Crippen LogP contribution in [0.4, 0.5) is 0 Å². The Kier molecular flexibility index (Phi) is 2.79. The van der Waals surface area contributed by atoms with Gasteiger partial charge < -0.3 is 14.6 Å². The first-order valence-corrected chi connectivity index (χ1v) is 7.48. The molecule has 3 heterocycles. The van der Waals surface area contributed by atoms with Gasteiger partial charge in [0.25, 0.3) is 0 Å². The molecular formula is C16H17ClN2O. The van der Waals surface area contributed by atoms with E-state index in [2.05, 4.69) is 40.5 Å². The summed E-state index contributed by atoms with van der Waals surface area (Å²) in [6.45, 7) is 2.00. The van der Waals surface area contributed by atoms with Crippen molar-refractivity contribution in [3.63, 3.8) is 0 Å². The Hall–Kier alpha value is -1.45. The van der Waals surface area contributed by atoms with E-state index in [4.69, 9.17) is 16.3 Å². The number of rotatable bonds is 1. The summed E-state index contributed by atoms with van der Waals surface area (Å²) in [5.74, 6) is 0.981. The first-order valence-electron chi connectivity index (χ1n) is 7.10. The van der Waals surface area contributed by atoms with Gasteiger partial charge in [-0.15, -0.1) is 0 Å². The number of benzene rings is 1. The van der Waals surface area contributed by atoms with Crippen LogP contribution in [0.5, 0.6) is 5.75 Å². The maximum atomic E-state index is 6.41. The Bertz CT molecular complexity index is 617. The third-order valence-corrected chi connectivity index (χ3v) is 4.69. The molecule has 1 spiro atoms. The Morgan fingerprint density at radius 3 is 2.70 bits per heavy atom. The molecule has 2 aliphatic rings. The average Bonchev–Trinajstić information content (AvgIpc) is 3.05. The topological polar surface area (TPSA) is 26.2 Å². The minimum atomic E-state index is -0.142. The molecule has 0 aliphatic carbocycles. The van der Waals surface area contributed by atoms with Gasteiger partial charge in [0.15, 0.2) is 0 Å². The summed E-state index contributed by atoms with van der Waals surface area (Å²) in [7, 11) is 0. The number of nitrogens with one attached hydrogen (secondary N) is 1. The van der Waals surface area contributed by atoms with E-state index in [-0.39, 0.29) is 11.6 Å². The first kappa shape index (κ1) is 12.3. The molecule has 0 amide bonds. The molecule has 1 N–H and O–H groups in total. The zero-order valence-corrected chi connectivity index (χ0v) is 11.9. The van der Waals surface area contributed by atoms with Crippen LogP contribution >= 0.6 is 11.6 Å². The fourth-order valence-electron chi connectivity index (χ4n) is 3.56. The number of piperidine rings is 1. The van der Waals surface area contributed by atoms with Crippen LogP contribution in [0.3, 0.4) is 0 Å². The highest BCUT2D eigenvalue weighted by molar-refractivity contribution is 6.30. The number of hydrogen-bond donors (Lipinski definition) is 1. The van der Waals surface area contributed by atoms with Gasteiger partial charge in [0.1, 0.15) is 17.4 Å². The van der Waals surface area contributed by atoms with Crippen LogP contribution in [-0.2, 0) is 0 Å². The van der Waals surface area contributed by atoms with Crippen molar-refractivity contribution < 1.29 is 4.74 Å². The molecular weight excluding hydrogens is 272 g/mol. The molecule has 2 aliphatic heterocycles. The molecule has 1 atom stereocenters. The lowest BCUT2D eigenvalue weighted by Gasteiger charge is -2.38. The highest BCUT2D eigenvalue weighted by Crippen LogP contribution is 2.50. The van der Waals surface area contributed by atoms with E-state index in [9.17, 15) is 0 Å². The Balaban J connectivity index is 1.86. The number of fused-ring (bicyclic) bond motifs is 1. The van der Waals surface area contributed by atoms with Gasteiger partial charge in [0, 0.05) is 35.8 Å². The predicted octanol–water partition coefficient (Wildman–Crippen LogP) is 3.25. The van der Waals surface area contributed by atoms with Crippen molar-refractivity contribution in [3.8, 4) is 5.75 Å². The second-order valence-electron chi connectivity index (χ2n) is 5.63. The molecule has 1 aromatic heterocycles. The van der Waals surface area contributed by atoms with Crippen molar-refractivity contribution >= 4 is 11.6 Å². The molecule has 0 bridgehead atoms. The van der Waals surface area contributed by atoms with E-state index in [1.807, 2.05) is 12.1 Å². The van der Waals surface area contributed by atoms with Crippen molar-refractivity contribution in [2.24, 2.45) is 0 Å². The molecule has 1 fully saturated rings. The molecule has 104 valence electrons. The van der Waals surface area contributed by atoms with Crippen LogP contribution in [0.25, 0.3) is 0 Å². The molecule has 0 saturated carbocycles. The van der Waals surface area contributed by atoms with Crippen molar-refractivity contribution in [3.05, 3.63) is 53.3 Å². The summed E-state index contributed by atoms with van der Waals surface area (Å²) in [5, 5.41) is 4.20. The lowest BCUT2D eigenvalue weighted by Crippen LogP contribution is -2.49. The van der Waals surface area contributed by atoms with Gasteiger partial charge in [-0.2, -0.15) is 0 Å². The maximum absolute atomic E-state index is 6.41. The monoisotopic (exact) mass is 288 g/mol. The number of halogens is 1. The summed E-state index contributed by atoms with van der Waals surface area (Å²) >= 11 is 6.20. The lowest BCUT2D eigenvalue weighted by molar-refractivity contribution is 0.0270. The van der Waals surface area contributed by atoms with Crippen molar-refractivity contribution in [2.75, 3.05) is 13.1 Å². The normalized spacial score (nSPS) is 23.6. The molecule has 1 aromatic carbocycles. The molecule has 4 heteroatoms. The SMILES string of the molecule is Clc1ccc2c(c1)C(n1cccc1)C1(CCNCC1)O2. The zero-order valence-electron chi connectivity index (χ0n) is 11.2. The van der Waals surface area contributed by atoms with Gasteiger partial charge in [0.2, 0.25) is 0 Å². The quantitative estimate of drug-likeness (QED) is 0.872. The third-order valence-electron chi connectivity index (χ3n) is 4.45. The second kappa shape index (κ2) is 4.54. The molecule has 3 nitrogen and oxygen atoms in total. The van der Waals surface area contributed by atoms with Gasteiger partial charge in [-0.3, -0.25) is 0 Å². The number of hydrogen-bond acceptors (Lipinski definition) is 2. The lowest BCUT2D eigenvalue weighted by atomic mass is 9.83. The third kappa shape index (κ3) is 1.77. The molecule has 2 aromatic rings. The minimum absolute atomic E-state index is 0.142. The molecule has 1 saturated heterocycles. The van der Waals surface area contributed by atoms with Crippen LogP contribution in [0.15, 0.2) is 42.7 Å². The summed E-state index contributed by atoms with van der Waals surface area (Å²) in [6, 6.07) is 10.3. The van der Waals surface area contributed by atoms with Gasteiger partial charge >= 0.3 is 0 Å². The Morgan fingerprint density at radius 2 is 1.95 bits per heavy atom. The summed E-state index contributed by atoms with van der Waals surface area (Å²) < 4.78 is 8.66. The summed E-state index contributed by atoms with van der Waals surface area (Å²) in [4.78, 5) is 0. The summed E-state index contributed by atoms with van der Waals surface area (Å²) in [5.41, 5.74) is 1.06. The van der Waals surface area contributed by atoms with Gasteiger partial charge in [0.05, 0.1) is 0 Å². The van der Waals surface area contributed by atoms with Crippen LogP contribution in [0.2, 0.25) is 5.02 Å². The highest BCUT2D eigenvalue weighted by atomic mass is 35.5. The molecule has 0 radical (unpaired) electrons. The maximum Gasteiger partial charge on any atom is 0.136 e. The number of aromatic nitrogens is 1. The van der Waals surface area contributed by atoms with Crippen LogP contribution in [0.1, 0.15) is 24.4 Å². The van der Waals surface area contributed by atoms with E-state index in [1.54, 1.807) is 0 Å². The molecule has 4 rings (SSSR count). The van der Waals surface area contributed by atoms with Gasteiger partial charge in [-0.05, 0) is 43.4 Å². The Labute approximate surface area is 123 Å². The second-order valence-corrected chi connectivity index (χ2v) is 6.07. The highest BCUT2D eigenvalue weighted by Gasteiger charge is 2.49. The van der Waals surface area contributed by atoms with E-state index in [1.165, 1.54) is 5.56 Å². The average molecular weight is 289 g/mol. The Morgan fingerprint density at radius 1 is 1.20 bits per heavy atom. The fourth-order valence-corrected chi connectivity index (χ4v) is 3.74. The van der Waals surface area contributed by atoms with Crippen LogP contribution in [0, 0.1) is 0 Å². The largest absolute Gasteiger partial charge is 0.484 e. The number of nitrogens with zero attached hydrogens (tertiary/aromatic N) is 1. The number of ether oxygens (including phenoxy) is 1. The van der Waals surface area contributed by atoms with Crippen molar-refractivity contribution in [1.29, 1.82) is 0 Å². The molecule has 20 heavy (non-hydrogen) atoms. The van der Waals surface area contributed by atoms with E-state index < -0.39 is 0 Å². The van der Waals surface area contributed by atoms with Crippen molar-refractivity contribution in [1.82, 2.24) is 9.88 Å². The van der Waals surface area contributed by atoms with Gasteiger partial charge in [-0.25, -0.2) is 0 Å². The zero-order chi connectivity index (χ0) is 13.6. The fraction of sp³-hybridized carbons (Fsp3) is 0.375. The van der Waals surface area contributed by atoms with E-state index in [0.29, 0.717) is 0 Å². The van der Waals surface area contributed by atoms with Crippen LogP contribution < -0.4 is 10.1 Å². The van der Waals surface area contributed by atoms with E-state index in [0.717, 1.165) is 36.7 Å². The predicted molar refractivity (Wildman–Crippen MR) is 79.5 cm³/mol. The van der Waals surface area contributed by atoms with Crippen LogP contribution in [-0.4, -0.2) is 23.3 Å². The van der Waals surface area contributed by atoms with E-state index >= 15 is 0 Å². The standard InChI is InChI=1S/C16H17ClN2O/c17-12-3-4-14-13(11-12)15(19-9-1-2-10-19)16(20-14)5-7-18-8-6-16/h1-4,9-11,15,18H,5-8H2. The van der Waals surface area contributed by atoms with Crippen molar-refractivity contribution in [2.45, 2.75) is 24.5 Å². The first-order chi connectivity index (χ1) is 9.78. The minimum Gasteiger partial charge on any atom is -0.484 e. The van der Waals surface area contributed by atoms with Gasteiger partial charge in [-0.1, -0.05) is 11.6 Å². The summed E-state index contributed by atoms with van der Waals surface area (Å²) in [6.07, 6.45) is 6.27. The molecule has 1 unspecified atom stereocenters.